The number of carbonyl (C=O) groups excluding carboxylic acids is 1. The molecule has 0 aromatic rings. The number of rotatable bonds is 9. The highest BCUT2D eigenvalue weighted by molar-refractivity contribution is 5.85. The van der Waals surface area contributed by atoms with Crippen LogP contribution in [0.3, 0.4) is 0 Å². The number of amides is 1. The van der Waals surface area contributed by atoms with Gasteiger partial charge in [-0.25, -0.2) is 0 Å². The molecule has 5 nitrogen and oxygen atoms in total. The lowest BCUT2D eigenvalue weighted by Crippen LogP contribution is -2.41. The number of carbonyl (C=O) groups is 1. The Morgan fingerprint density at radius 2 is 1.95 bits per heavy atom. The highest BCUT2D eigenvalue weighted by Gasteiger charge is 2.39. The summed E-state index contributed by atoms with van der Waals surface area (Å²) in [7, 11) is 1.65. The molecule has 20 heavy (non-hydrogen) atoms. The number of nitrogens with zero attached hydrogens (tertiary/aromatic N) is 1. The Morgan fingerprint density at radius 1 is 1.20 bits per heavy atom. The molecule has 1 fully saturated rings. The Morgan fingerprint density at radius 3 is 2.60 bits per heavy atom. The van der Waals surface area contributed by atoms with Gasteiger partial charge in [-0.3, -0.25) is 4.79 Å². The van der Waals surface area contributed by atoms with Gasteiger partial charge in [0.25, 0.3) is 0 Å². The Hall–Kier alpha value is -1.12. The van der Waals surface area contributed by atoms with Crippen LogP contribution in [-0.4, -0.2) is 39.4 Å². The first-order chi connectivity index (χ1) is 9.75. The summed E-state index contributed by atoms with van der Waals surface area (Å²) in [5, 5.41) is 12.2. The predicted octanol–water partition coefficient (Wildman–Crippen LogP) is 2.02. The van der Waals surface area contributed by atoms with E-state index >= 15 is 0 Å². The van der Waals surface area contributed by atoms with Gasteiger partial charge >= 0.3 is 0 Å². The maximum atomic E-state index is 12.1. The van der Waals surface area contributed by atoms with Gasteiger partial charge in [0, 0.05) is 20.3 Å². The minimum atomic E-state index is -0.771. The maximum Gasteiger partial charge on any atom is 0.240 e. The second-order valence-corrected chi connectivity index (χ2v) is 5.32. The lowest BCUT2D eigenvalue weighted by molar-refractivity contribution is -0.129. The van der Waals surface area contributed by atoms with Crippen LogP contribution in [0.5, 0.6) is 0 Å². The van der Waals surface area contributed by atoms with E-state index in [9.17, 15) is 10.1 Å². The van der Waals surface area contributed by atoms with E-state index in [-0.39, 0.29) is 5.91 Å². The Kier molecular flexibility index (Phi) is 8.24. The first-order valence-electron chi connectivity index (χ1n) is 7.51. The van der Waals surface area contributed by atoms with Crippen LogP contribution in [0.25, 0.3) is 0 Å². The van der Waals surface area contributed by atoms with Crippen molar-refractivity contribution in [1.29, 1.82) is 5.26 Å². The smallest absolute Gasteiger partial charge is 0.240 e. The summed E-state index contributed by atoms with van der Waals surface area (Å²) >= 11 is 0. The Labute approximate surface area is 121 Å². The van der Waals surface area contributed by atoms with Gasteiger partial charge in [-0.05, 0) is 25.7 Å². The zero-order valence-corrected chi connectivity index (χ0v) is 12.5. The zero-order chi connectivity index (χ0) is 14.7. The van der Waals surface area contributed by atoms with E-state index in [1.807, 2.05) is 0 Å². The van der Waals surface area contributed by atoms with Crippen LogP contribution in [0, 0.1) is 16.7 Å². The highest BCUT2D eigenvalue weighted by atomic mass is 16.5. The van der Waals surface area contributed by atoms with Crippen molar-refractivity contribution >= 4 is 5.91 Å². The van der Waals surface area contributed by atoms with Crippen molar-refractivity contribution in [2.24, 2.45) is 5.41 Å². The number of nitriles is 1. The molecule has 0 unspecified atom stereocenters. The molecule has 1 rings (SSSR count). The number of methoxy groups -OCH3 is 1. The van der Waals surface area contributed by atoms with Crippen molar-refractivity contribution in [3.05, 3.63) is 0 Å². The van der Waals surface area contributed by atoms with Crippen molar-refractivity contribution in [2.75, 3.05) is 33.5 Å². The molecule has 0 spiro atoms. The third kappa shape index (κ3) is 5.48. The molecule has 0 atom stereocenters. The molecule has 0 heterocycles. The van der Waals surface area contributed by atoms with Gasteiger partial charge in [-0.2, -0.15) is 5.26 Å². The van der Waals surface area contributed by atoms with E-state index < -0.39 is 5.41 Å². The van der Waals surface area contributed by atoms with E-state index in [0.29, 0.717) is 39.2 Å². The molecule has 0 aliphatic heterocycles. The van der Waals surface area contributed by atoms with Gasteiger partial charge in [0.1, 0.15) is 5.41 Å². The molecule has 1 aliphatic rings. The largest absolute Gasteiger partial charge is 0.382 e. The molecule has 0 bridgehead atoms. The molecule has 0 saturated heterocycles. The fraction of sp³-hybridized carbons (Fsp3) is 0.867. The summed E-state index contributed by atoms with van der Waals surface area (Å²) in [5.41, 5.74) is -0.771. The van der Waals surface area contributed by atoms with Crippen molar-refractivity contribution in [1.82, 2.24) is 5.32 Å². The molecular weight excluding hydrogens is 256 g/mol. The van der Waals surface area contributed by atoms with E-state index in [4.69, 9.17) is 9.47 Å². The van der Waals surface area contributed by atoms with Crippen LogP contribution in [0.2, 0.25) is 0 Å². The van der Waals surface area contributed by atoms with E-state index in [2.05, 4.69) is 11.4 Å². The zero-order valence-electron chi connectivity index (χ0n) is 12.5. The minimum Gasteiger partial charge on any atom is -0.382 e. The van der Waals surface area contributed by atoms with Crippen molar-refractivity contribution in [2.45, 2.75) is 44.9 Å². The van der Waals surface area contributed by atoms with Crippen molar-refractivity contribution in [3.63, 3.8) is 0 Å². The van der Waals surface area contributed by atoms with Gasteiger partial charge in [0.2, 0.25) is 5.91 Å². The summed E-state index contributed by atoms with van der Waals surface area (Å²) in [6.45, 7) is 2.53. The maximum absolute atomic E-state index is 12.1. The number of hydrogen-bond acceptors (Lipinski definition) is 4. The van der Waals surface area contributed by atoms with Crippen LogP contribution in [0.15, 0.2) is 0 Å². The first-order valence-corrected chi connectivity index (χ1v) is 7.51. The fourth-order valence-electron chi connectivity index (χ4n) is 2.49. The SMILES string of the molecule is COCCOCCCCNC(=O)C1(C#N)CCCCC1. The number of ether oxygens (including phenoxy) is 2. The van der Waals surface area contributed by atoms with Crippen LogP contribution in [0.4, 0.5) is 0 Å². The van der Waals surface area contributed by atoms with Gasteiger partial charge in [-0.15, -0.1) is 0 Å². The van der Waals surface area contributed by atoms with E-state index in [0.717, 1.165) is 32.1 Å². The third-order valence-corrected chi connectivity index (χ3v) is 3.79. The molecule has 1 saturated carbocycles. The lowest BCUT2D eigenvalue weighted by Gasteiger charge is -2.29. The summed E-state index contributed by atoms with van der Waals surface area (Å²) in [6, 6.07) is 2.24. The Balaban J connectivity index is 2.11. The molecule has 1 amide bonds. The third-order valence-electron chi connectivity index (χ3n) is 3.79. The highest BCUT2D eigenvalue weighted by Crippen LogP contribution is 2.35. The molecule has 114 valence electrons. The second-order valence-electron chi connectivity index (χ2n) is 5.32. The molecule has 5 heteroatoms. The summed E-state index contributed by atoms with van der Waals surface area (Å²) in [6.07, 6.45) is 6.28. The quantitative estimate of drug-likeness (QED) is 0.657. The fourth-order valence-corrected chi connectivity index (χ4v) is 2.49. The standard InChI is InChI=1S/C15H26N2O3/c1-19-11-12-20-10-6-5-9-17-14(18)15(13-16)7-3-2-4-8-15/h2-12H2,1H3,(H,17,18). The van der Waals surface area contributed by atoms with Crippen LogP contribution >= 0.6 is 0 Å². The molecule has 1 aliphatic carbocycles. The van der Waals surface area contributed by atoms with Crippen LogP contribution < -0.4 is 5.32 Å². The average molecular weight is 282 g/mol. The Bertz CT molecular complexity index is 320. The first kappa shape index (κ1) is 16.9. The summed E-state index contributed by atoms with van der Waals surface area (Å²) < 4.78 is 10.2. The average Bonchev–Trinajstić information content (AvgIpc) is 2.50. The summed E-state index contributed by atoms with van der Waals surface area (Å²) in [4.78, 5) is 12.1. The minimum absolute atomic E-state index is 0.0833. The number of hydrogen-bond donors (Lipinski definition) is 1. The van der Waals surface area contributed by atoms with Gasteiger partial charge < -0.3 is 14.8 Å². The summed E-state index contributed by atoms with van der Waals surface area (Å²) in [5.74, 6) is -0.0833. The van der Waals surface area contributed by atoms with Crippen molar-refractivity contribution in [3.8, 4) is 6.07 Å². The molecular formula is C15H26N2O3. The normalized spacial score (nSPS) is 17.4. The molecule has 0 aromatic carbocycles. The molecule has 0 radical (unpaired) electrons. The van der Waals surface area contributed by atoms with Crippen LogP contribution in [-0.2, 0) is 14.3 Å². The number of nitrogens with one attached hydrogen (secondary N) is 1. The topological polar surface area (TPSA) is 71.3 Å². The monoisotopic (exact) mass is 282 g/mol. The molecule has 1 N–H and O–H groups in total. The van der Waals surface area contributed by atoms with E-state index in [1.54, 1.807) is 7.11 Å². The van der Waals surface area contributed by atoms with Gasteiger partial charge in [0.15, 0.2) is 0 Å². The van der Waals surface area contributed by atoms with E-state index in [1.165, 1.54) is 0 Å². The van der Waals surface area contributed by atoms with Gasteiger partial charge in [0.05, 0.1) is 19.3 Å². The number of unbranched alkanes of at least 4 members (excludes halogenated alkanes) is 1. The van der Waals surface area contributed by atoms with Crippen molar-refractivity contribution < 1.29 is 14.3 Å². The van der Waals surface area contributed by atoms with Gasteiger partial charge in [-0.1, -0.05) is 19.3 Å². The lowest BCUT2D eigenvalue weighted by atomic mass is 9.74. The second kappa shape index (κ2) is 9.73. The molecule has 0 aromatic heterocycles. The predicted molar refractivity (Wildman–Crippen MR) is 76.1 cm³/mol. The van der Waals surface area contributed by atoms with Crippen LogP contribution in [0.1, 0.15) is 44.9 Å².